The van der Waals surface area contributed by atoms with Crippen molar-refractivity contribution in [2.75, 3.05) is 11.1 Å². The Hall–Kier alpha value is -2.28. The number of aryl methyl sites for hydroxylation is 1. The monoisotopic (exact) mass is 347 g/mol. The van der Waals surface area contributed by atoms with Gasteiger partial charge in [-0.05, 0) is 29.7 Å². The highest BCUT2D eigenvalue weighted by Gasteiger charge is 2.15. The number of nitrogens with one attached hydrogen (secondary N) is 1. The highest BCUT2D eigenvalue weighted by molar-refractivity contribution is 7.99. The zero-order valence-corrected chi connectivity index (χ0v) is 14.8. The summed E-state index contributed by atoms with van der Waals surface area (Å²) in [5.74, 6) is -0.149. The molecule has 0 aliphatic carbocycles. The third kappa shape index (κ3) is 4.86. The average molecular weight is 347 g/mol. The third-order valence-electron chi connectivity index (χ3n) is 3.40. The smallest absolute Gasteiger partial charge is 0.313 e. The van der Waals surface area contributed by atoms with E-state index < -0.39 is 5.97 Å². The van der Waals surface area contributed by atoms with Gasteiger partial charge in [-0.15, -0.1) is 11.8 Å². The van der Waals surface area contributed by atoms with Gasteiger partial charge in [0.25, 0.3) is 5.91 Å². The Labute approximate surface area is 145 Å². The van der Waals surface area contributed by atoms with Crippen molar-refractivity contribution in [1.29, 1.82) is 0 Å². The summed E-state index contributed by atoms with van der Waals surface area (Å²) in [5, 5.41) is 15.9. The lowest BCUT2D eigenvalue weighted by Gasteiger charge is -2.07. The molecule has 0 aliphatic heterocycles. The summed E-state index contributed by atoms with van der Waals surface area (Å²) in [7, 11) is 1.75. The number of amides is 1. The Bertz CT molecular complexity index is 740. The van der Waals surface area contributed by atoms with Crippen LogP contribution in [0.1, 0.15) is 41.5 Å². The lowest BCUT2D eigenvalue weighted by molar-refractivity contribution is -0.133. The van der Waals surface area contributed by atoms with Crippen molar-refractivity contribution < 1.29 is 14.7 Å². The van der Waals surface area contributed by atoms with Crippen molar-refractivity contribution in [3.05, 3.63) is 47.3 Å². The largest absolute Gasteiger partial charge is 0.481 e. The molecule has 1 amide bonds. The Morgan fingerprint density at radius 3 is 2.71 bits per heavy atom. The predicted molar refractivity (Wildman–Crippen MR) is 95.5 cm³/mol. The molecule has 2 rings (SSSR count). The quantitative estimate of drug-likeness (QED) is 0.804. The summed E-state index contributed by atoms with van der Waals surface area (Å²) in [6, 6.07) is 9.21. The molecule has 0 atom stereocenters. The zero-order chi connectivity index (χ0) is 17.7. The number of hydrogen-bond acceptors (Lipinski definition) is 4. The number of carbonyl (C=O) groups is 2. The maximum Gasteiger partial charge on any atom is 0.313 e. The molecule has 1 aromatic heterocycles. The van der Waals surface area contributed by atoms with E-state index >= 15 is 0 Å². The minimum Gasteiger partial charge on any atom is -0.481 e. The first-order chi connectivity index (χ1) is 11.4. The van der Waals surface area contributed by atoms with E-state index in [1.807, 2.05) is 38.1 Å². The molecule has 1 aromatic carbocycles. The minimum atomic E-state index is -0.832. The number of hydrogen-bond donors (Lipinski definition) is 2. The van der Waals surface area contributed by atoms with Crippen molar-refractivity contribution in [2.45, 2.75) is 25.5 Å². The van der Waals surface area contributed by atoms with Crippen molar-refractivity contribution in [2.24, 2.45) is 7.05 Å². The van der Waals surface area contributed by atoms with E-state index in [1.165, 1.54) is 11.8 Å². The first kappa shape index (κ1) is 18.1. The van der Waals surface area contributed by atoms with Crippen LogP contribution in [0, 0.1) is 0 Å². The average Bonchev–Trinajstić information content (AvgIpc) is 2.89. The minimum absolute atomic E-state index is 0.0591. The molecule has 1 heterocycles. The second-order valence-corrected chi connectivity index (χ2v) is 6.76. The Balaban J connectivity index is 2.05. The van der Waals surface area contributed by atoms with Crippen molar-refractivity contribution in [1.82, 2.24) is 9.78 Å². The van der Waals surface area contributed by atoms with E-state index in [4.69, 9.17) is 5.11 Å². The van der Waals surface area contributed by atoms with Crippen LogP contribution >= 0.6 is 11.8 Å². The number of carbonyl (C=O) groups excluding carboxylic acids is 1. The summed E-state index contributed by atoms with van der Waals surface area (Å²) in [4.78, 5) is 23.0. The predicted octanol–water partition coefficient (Wildman–Crippen LogP) is 3.11. The van der Waals surface area contributed by atoms with Crippen LogP contribution in [0.15, 0.2) is 30.3 Å². The molecule has 0 unspecified atom stereocenters. The van der Waals surface area contributed by atoms with Gasteiger partial charge in [0, 0.05) is 18.5 Å². The van der Waals surface area contributed by atoms with E-state index in [-0.39, 0.29) is 17.6 Å². The van der Waals surface area contributed by atoms with E-state index in [0.717, 1.165) is 11.3 Å². The van der Waals surface area contributed by atoms with Crippen LogP contribution in [0.3, 0.4) is 0 Å². The molecule has 0 spiro atoms. The Kier molecular flexibility index (Phi) is 6.03. The number of anilines is 1. The van der Waals surface area contributed by atoms with Gasteiger partial charge in [-0.25, -0.2) is 0 Å². The molecule has 7 heteroatoms. The standard InChI is InChI=1S/C17H21N3O3S/c1-11(2)14-8-15(20(3)19-14)17(23)18-13-6-4-5-12(7-13)9-24-10-16(21)22/h4-8,11H,9-10H2,1-3H3,(H,18,23)(H,21,22). The van der Waals surface area contributed by atoms with Crippen molar-refractivity contribution in [3.8, 4) is 0 Å². The molecule has 24 heavy (non-hydrogen) atoms. The van der Waals surface area contributed by atoms with Crippen LogP contribution in [0.25, 0.3) is 0 Å². The number of nitrogens with zero attached hydrogens (tertiary/aromatic N) is 2. The van der Waals surface area contributed by atoms with Crippen LogP contribution in [-0.4, -0.2) is 32.5 Å². The summed E-state index contributed by atoms with van der Waals surface area (Å²) in [5.41, 5.74) is 3.03. The Morgan fingerprint density at radius 2 is 2.08 bits per heavy atom. The number of aliphatic carboxylic acids is 1. The maximum atomic E-state index is 12.4. The third-order valence-corrected chi connectivity index (χ3v) is 4.39. The maximum absolute atomic E-state index is 12.4. The molecule has 0 fully saturated rings. The van der Waals surface area contributed by atoms with Gasteiger partial charge in [0.1, 0.15) is 5.69 Å². The number of benzene rings is 1. The van der Waals surface area contributed by atoms with Gasteiger partial charge in [0.2, 0.25) is 0 Å². The summed E-state index contributed by atoms with van der Waals surface area (Å²) in [6.45, 7) is 4.06. The van der Waals surface area contributed by atoms with Gasteiger partial charge in [0.15, 0.2) is 0 Å². The molecule has 0 saturated heterocycles. The highest BCUT2D eigenvalue weighted by atomic mass is 32.2. The van der Waals surface area contributed by atoms with Gasteiger partial charge in [-0.2, -0.15) is 5.10 Å². The van der Waals surface area contributed by atoms with Gasteiger partial charge in [0.05, 0.1) is 11.4 Å². The molecular formula is C17H21N3O3S. The van der Waals surface area contributed by atoms with Crippen LogP contribution in [0.2, 0.25) is 0 Å². The van der Waals surface area contributed by atoms with Crippen LogP contribution < -0.4 is 5.32 Å². The molecule has 0 radical (unpaired) electrons. The second kappa shape index (κ2) is 8.01. The number of carboxylic acids is 1. The lowest BCUT2D eigenvalue weighted by Crippen LogP contribution is -2.16. The molecule has 0 bridgehead atoms. The lowest BCUT2D eigenvalue weighted by atomic mass is 10.1. The normalized spacial score (nSPS) is 10.8. The second-order valence-electron chi connectivity index (χ2n) is 5.77. The first-order valence-electron chi connectivity index (χ1n) is 7.60. The molecule has 2 aromatic rings. The van der Waals surface area contributed by atoms with Crippen molar-refractivity contribution >= 4 is 29.3 Å². The van der Waals surface area contributed by atoms with Gasteiger partial charge >= 0.3 is 5.97 Å². The SMILES string of the molecule is CC(C)c1cc(C(=O)Nc2cccc(CSCC(=O)O)c2)n(C)n1. The number of carboxylic acid groups (broad SMARTS) is 1. The molecule has 0 aliphatic rings. The van der Waals surface area contributed by atoms with Crippen LogP contribution in [0.5, 0.6) is 0 Å². The van der Waals surface area contributed by atoms with Gasteiger partial charge in [-0.1, -0.05) is 26.0 Å². The number of thioether (sulfide) groups is 1. The van der Waals surface area contributed by atoms with Crippen LogP contribution in [-0.2, 0) is 17.6 Å². The van der Waals surface area contributed by atoms with Crippen LogP contribution in [0.4, 0.5) is 5.69 Å². The summed E-state index contributed by atoms with van der Waals surface area (Å²) < 4.78 is 1.58. The molecule has 2 N–H and O–H groups in total. The number of aromatic nitrogens is 2. The van der Waals surface area contributed by atoms with E-state index in [9.17, 15) is 9.59 Å². The zero-order valence-electron chi connectivity index (χ0n) is 13.9. The van der Waals surface area contributed by atoms with E-state index in [2.05, 4.69) is 10.4 Å². The van der Waals surface area contributed by atoms with Gasteiger partial charge in [-0.3, -0.25) is 14.3 Å². The fourth-order valence-corrected chi connectivity index (χ4v) is 2.87. The summed E-state index contributed by atoms with van der Waals surface area (Å²) >= 11 is 1.32. The topological polar surface area (TPSA) is 84.2 Å². The molecular weight excluding hydrogens is 326 g/mol. The molecule has 128 valence electrons. The molecule has 6 nitrogen and oxygen atoms in total. The summed E-state index contributed by atoms with van der Waals surface area (Å²) in [6.07, 6.45) is 0. The molecule has 0 saturated carbocycles. The highest BCUT2D eigenvalue weighted by Crippen LogP contribution is 2.18. The van der Waals surface area contributed by atoms with Gasteiger partial charge < -0.3 is 10.4 Å². The van der Waals surface area contributed by atoms with E-state index in [1.54, 1.807) is 17.8 Å². The Morgan fingerprint density at radius 1 is 1.33 bits per heavy atom. The first-order valence-corrected chi connectivity index (χ1v) is 8.76. The fourth-order valence-electron chi connectivity index (χ4n) is 2.17. The number of rotatable bonds is 7. The van der Waals surface area contributed by atoms with E-state index in [0.29, 0.717) is 17.1 Å². The van der Waals surface area contributed by atoms with Crippen molar-refractivity contribution in [3.63, 3.8) is 0 Å². The fraction of sp³-hybridized carbons (Fsp3) is 0.353.